The third-order valence-corrected chi connectivity index (χ3v) is 4.13. The topological polar surface area (TPSA) is 75.6 Å². The van der Waals surface area contributed by atoms with Crippen LogP contribution in [0.25, 0.3) is 0 Å². The summed E-state index contributed by atoms with van der Waals surface area (Å²) in [6, 6.07) is 6.91. The molecule has 0 saturated heterocycles. The second kappa shape index (κ2) is 6.49. The van der Waals surface area contributed by atoms with Gasteiger partial charge in [-0.25, -0.2) is 4.79 Å². The van der Waals surface area contributed by atoms with Crippen molar-refractivity contribution in [1.82, 2.24) is 5.32 Å². The Kier molecular flexibility index (Phi) is 5.01. The van der Waals surface area contributed by atoms with Gasteiger partial charge in [-0.1, -0.05) is 29.8 Å². The van der Waals surface area contributed by atoms with E-state index in [0.29, 0.717) is 17.0 Å². The molecule has 1 aromatic rings. The van der Waals surface area contributed by atoms with Crippen LogP contribution in [0.5, 0.6) is 0 Å². The largest absolute Gasteiger partial charge is 0.444 e. The molecule has 1 aliphatic rings. The average Bonchev–Trinajstić information content (AvgIpc) is 2.41. The molecule has 126 valence electrons. The Morgan fingerprint density at radius 2 is 2.04 bits per heavy atom. The number of amides is 1. The Hall–Kier alpha value is -1.59. The molecule has 0 heterocycles. The van der Waals surface area contributed by atoms with Crippen molar-refractivity contribution >= 4 is 23.5 Å². The zero-order valence-corrected chi connectivity index (χ0v) is 14.3. The molecule has 1 aromatic carbocycles. The van der Waals surface area contributed by atoms with E-state index in [9.17, 15) is 14.7 Å². The van der Waals surface area contributed by atoms with Gasteiger partial charge in [0.25, 0.3) is 0 Å². The number of carbonyl (C=O) groups is 2. The van der Waals surface area contributed by atoms with Crippen molar-refractivity contribution in [3.05, 3.63) is 34.9 Å². The van der Waals surface area contributed by atoms with Gasteiger partial charge in [0.05, 0.1) is 6.10 Å². The summed E-state index contributed by atoms with van der Waals surface area (Å²) in [6.07, 6.45) is -0.732. The van der Waals surface area contributed by atoms with Gasteiger partial charge in [-0.15, -0.1) is 0 Å². The molecule has 0 unspecified atom stereocenters. The molecular weight excluding hydrogens is 318 g/mol. The molecule has 2 atom stereocenters. The summed E-state index contributed by atoms with van der Waals surface area (Å²) >= 11 is 6.26. The van der Waals surface area contributed by atoms with Crippen molar-refractivity contribution in [1.29, 1.82) is 0 Å². The van der Waals surface area contributed by atoms with Crippen LogP contribution < -0.4 is 5.32 Å². The van der Waals surface area contributed by atoms with Crippen LogP contribution >= 0.6 is 11.6 Å². The fraction of sp³-hybridized carbons (Fsp3) is 0.529. The van der Waals surface area contributed by atoms with E-state index in [1.54, 1.807) is 45.0 Å². The van der Waals surface area contributed by atoms with Crippen molar-refractivity contribution < 1.29 is 19.4 Å². The molecule has 1 aliphatic carbocycles. The Balaban J connectivity index is 2.39. The highest BCUT2D eigenvalue weighted by atomic mass is 35.5. The zero-order chi connectivity index (χ0) is 17.3. The van der Waals surface area contributed by atoms with Crippen LogP contribution in [0.2, 0.25) is 5.02 Å². The van der Waals surface area contributed by atoms with Gasteiger partial charge < -0.3 is 15.2 Å². The molecule has 2 N–H and O–H groups in total. The zero-order valence-electron chi connectivity index (χ0n) is 13.6. The number of Topliss-reactive ketones (excluding diaryl/α,β-unsaturated/α-hetero) is 1. The first-order valence-electron chi connectivity index (χ1n) is 7.61. The molecule has 6 heteroatoms. The summed E-state index contributed by atoms with van der Waals surface area (Å²) in [5, 5.41) is 12.9. The van der Waals surface area contributed by atoms with Crippen LogP contribution in [-0.4, -0.2) is 28.7 Å². The highest BCUT2D eigenvalue weighted by Crippen LogP contribution is 2.38. The van der Waals surface area contributed by atoms with Gasteiger partial charge in [0.1, 0.15) is 11.1 Å². The second-order valence-corrected chi connectivity index (χ2v) is 7.24. The number of benzene rings is 1. The number of ketones is 1. The average molecular weight is 340 g/mol. The maximum absolute atomic E-state index is 12.7. The fourth-order valence-electron chi connectivity index (χ4n) is 2.78. The van der Waals surface area contributed by atoms with Gasteiger partial charge >= 0.3 is 6.09 Å². The number of hydrogen-bond donors (Lipinski definition) is 2. The molecule has 0 spiro atoms. The van der Waals surface area contributed by atoms with Crippen molar-refractivity contribution in [2.75, 3.05) is 0 Å². The molecule has 1 fully saturated rings. The van der Waals surface area contributed by atoms with Crippen LogP contribution in [0.3, 0.4) is 0 Å². The smallest absolute Gasteiger partial charge is 0.408 e. The van der Waals surface area contributed by atoms with Crippen molar-refractivity contribution in [3.8, 4) is 0 Å². The third-order valence-electron chi connectivity index (χ3n) is 3.80. The summed E-state index contributed by atoms with van der Waals surface area (Å²) < 4.78 is 5.29. The Labute approximate surface area is 141 Å². The normalized spacial score (nSPS) is 25.1. The lowest BCUT2D eigenvalue weighted by atomic mass is 9.74. The maximum Gasteiger partial charge on any atom is 0.408 e. The standard InChI is InChI=1S/C17H22ClNO4/c1-16(2,3)23-15(22)19-17(9-8-11(20)10-14(17)21)12-6-4-5-7-13(12)18/h4-7,11,20H,8-10H2,1-3H3,(H,19,22)/t11-,17+/m0/s1. The summed E-state index contributed by atoms with van der Waals surface area (Å²) in [5.74, 6) is -0.268. The summed E-state index contributed by atoms with van der Waals surface area (Å²) in [4.78, 5) is 24.9. The number of nitrogens with one attached hydrogen (secondary N) is 1. The third kappa shape index (κ3) is 4.03. The van der Waals surface area contributed by atoms with Crippen LogP contribution in [-0.2, 0) is 15.1 Å². The molecule has 1 saturated carbocycles. The minimum Gasteiger partial charge on any atom is -0.444 e. The number of alkyl carbamates (subject to hydrolysis) is 1. The molecule has 0 aliphatic heterocycles. The van der Waals surface area contributed by atoms with E-state index in [0.717, 1.165) is 0 Å². The SMILES string of the molecule is CC(C)(C)OC(=O)N[C@@]1(c2ccccc2Cl)CC[C@H](O)CC1=O. The van der Waals surface area contributed by atoms with Crippen LogP contribution in [0.15, 0.2) is 24.3 Å². The van der Waals surface area contributed by atoms with E-state index in [2.05, 4.69) is 5.32 Å². The minimum absolute atomic E-state index is 0.0268. The molecule has 23 heavy (non-hydrogen) atoms. The Morgan fingerprint density at radius 1 is 1.39 bits per heavy atom. The molecule has 0 aromatic heterocycles. The van der Waals surface area contributed by atoms with E-state index in [4.69, 9.17) is 16.3 Å². The maximum atomic E-state index is 12.7. The first-order chi connectivity index (χ1) is 10.6. The summed E-state index contributed by atoms with van der Waals surface area (Å²) in [7, 11) is 0. The lowest BCUT2D eigenvalue weighted by molar-refractivity contribution is -0.131. The first-order valence-corrected chi connectivity index (χ1v) is 7.99. The molecule has 5 nitrogen and oxygen atoms in total. The highest BCUT2D eigenvalue weighted by molar-refractivity contribution is 6.31. The number of halogens is 1. The second-order valence-electron chi connectivity index (χ2n) is 6.83. The van der Waals surface area contributed by atoms with E-state index < -0.39 is 23.3 Å². The molecule has 0 bridgehead atoms. The summed E-state index contributed by atoms with van der Waals surface area (Å²) in [5.41, 5.74) is -1.41. The Morgan fingerprint density at radius 3 is 2.61 bits per heavy atom. The number of aliphatic hydroxyl groups excluding tert-OH is 1. The number of rotatable bonds is 2. The van der Waals surface area contributed by atoms with Crippen LogP contribution in [0.1, 0.15) is 45.6 Å². The van der Waals surface area contributed by atoms with Crippen molar-refractivity contribution in [2.24, 2.45) is 0 Å². The van der Waals surface area contributed by atoms with E-state index in [1.807, 2.05) is 0 Å². The quantitative estimate of drug-likeness (QED) is 0.867. The highest BCUT2D eigenvalue weighted by Gasteiger charge is 2.46. The van der Waals surface area contributed by atoms with Gasteiger partial charge in [0.2, 0.25) is 0 Å². The monoisotopic (exact) mass is 339 g/mol. The fourth-order valence-corrected chi connectivity index (χ4v) is 3.08. The van der Waals surface area contributed by atoms with E-state index in [1.165, 1.54) is 0 Å². The van der Waals surface area contributed by atoms with Gasteiger partial charge in [-0.05, 0) is 39.7 Å². The summed E-state index contributed by atoms with van der Waals surface area (Å²) in [6.45, 7) is 5.25. The molecule has 2 rings (SSSR count). The number of carbonyl (C=O) groups excluding carboxylic acids is 2. The molecule has 1 amide bonds. The van der Waals surface area contributed by atoms with Crippen LogP contribution in [0, 0.1) is 0 Å². The van der Waals surface area contributed by atoms with E-state index >= 15 is 0 Å². The number of hydrogen-bond acceptors (Lipinski definition) is 4. The Bertz CT molecular complexity index is 611. The van der Waals surface area contributed by atoms with Gasteiger partial charge in [-0.2, -0.15) is 0 Å². The van der Waals surface area contributed by atoms with Crippen LogP contribution in [0.4, 0.5) is 4.79 Å². The van der Waals surface area contributed by atoms with Gasteiger partial charge in [0, 0.05) is 17.0 Å². The number of aliphatic hydroxyl groups is 1. The number of ether oxygens (including phenoxy) is 1. The predicted molar refractivity (Wildman–Crippen MR) is 87.4 cm³/mol. The predicted octanol–water partition coefficient (Wildman–Crippen LogP) is 3.17. The first kappa shape index (κ1) is 17.8. The lowest BCUT2D eigenvalue weighted by Crippen LogP contribution is -2.56. The van der Waals surface area contributed by atoms with Crippen molar-refractivity contribution in [3.63, 3.8) is 0 Å². The van der Waals surface area contributed by atoms with Gasteiger partial charge in [-0.3, -0.25) is 4.79 Å². The minimum atomic E-state index is -1.26. The van der Waals surface area contributed by atoms with E-state index in [-0.39, 0.29) is 18.6 Å². The lowest BCUT2D eigenvalue weighted by Gasteiger charge is -2.39. The molecular formula is C17H22ClNO4. The van der Waals surface area contributed by atoms with Gasteiger partial charge in [0.15, 0.2) is 5.78 Å². The van der Waals surface area contributed by atoms with Crippen molar-refractivity contribution in [2.45, 2.75) is 57.3 Å². The molecule has 0 radical (unpaired) electrons.